The molecule has 2 fully saturated rings. The van der Waals surface area contributed by atoms with Crippen molar-refractivity contribution in [3.63, 3.8) is 0 Å². The van der Waals surface area contributed by atoms with E-state index in [-0.39, 0.29) is 24.0 Å². The smallest absolute Gasteiger partial charge is 0.191 e. The number of aliphatic hydroxyl groups is 1. The Hall–Kier alpha value is -0.860. The maximum Gasteiger partial charge on any atom is 0.191 e. The molecule has 0 radical (unpaired) electrons. The molecule has 1 aromatic rings. The first kappa shape index (κ1) is 20.9. The predicted molar refractivity (Wildman–Crippen MR) is 121 cm³/mol. The van der Waals surface area contributed by atoms with Gasteiger partial charge in [-0.3, -0.25) is 4.90 Å². The van der Waals surface area contributed by atoms with Gasteiger partial charge >= 0.3 is 0 Å². The van der Waals surface area contributed by atoms with Crippen molar-refractivity contribution in [2.24, 2.45) is 10.9 Å². The lowest BCUT2D eigenvalue weighted by Gasteiger charge is -2.24. The summed E-state index contributed by atoms with van der Waals surface area (Å²) < 4.78 is 0. The number of fused-ring (bicyclic) bond motifs is 1. The van der Waals surface area contributed by atoms with Gasteiger partial charge in [-0.05, 0) is 49.7 Å². The summed E-state index contributed by atoms with van der Waals surface area (Å²) in [4.78, 5) is 7.39. The van der Waals surface area contributed by atoms with Gasteiger partial charge in [-0.25, -0.2) is 4.99 Å². The van der Waals surface area contributed by atoms with E-state index in [2.05, 4.69) is 35.4 Å². The second kappa shape index (κ2) is 8.66. The molecule has 6 heteroatoms. The van der Waals surface area contributed by atoms with E-state index in [4.69, 9.17) is 4.99 Å². The summed E-state index contributed by atoms with van der Waals surface area (Å²) in [6, 6.07) is 9.47. The Balaban J connectivity index is 0.00000210. The van der Waals surface area contributed by atoms with Crippen molar-refractivity contribution >= 4 is 29.9 Å². The number of aryl methyl sites for hydroxylation is 1. The highest BCUT2D eigenvalue weighted by Crippen LogP contribution is 2.37. The van der Waals surface area contributed by atoms with Gasteiger partial charge in [-0.1, -0.05) is 31.2 Å². The molecule has 4 rings (SSSR count). The summed E-state index contributed by atoms with van der Waals surface area (Å²) in [6.45, 7) is 7.93. The summed E-state index contributed by atoms with van der Waals surface area (Å²) in [5, 5.41) is 18.1. The summed E-state index contributed by atoms with van der Waals surface area (Å²) >= 11 is 0. The van der Waals surface area contributed by atoms with Gasteiger partial charge in [0.05, 0.1) is 6.54 Å². The zero-order chi connectivity index (χ0) is 18.1. The number of rotatable bonds is 5. The number of hydrogen-bond acceptors (Lipinski definition) is 3. The van der Waals surface area contributed by atoms with Gasteiger partial charge in [0.1, 0.15) is 5.60 Å². The third kappa shape index (κ3) is 4.59. The molecule has 1 saturated carbocycles. The zero-order valence-electron chi connectivity index (χ0n) is 16.4. The molecule has 1 saturated heterocycles. The van der Waals surface area contributed by atoms with Crippen LogP contribution in [0.15, 0.2) is 29.3 Å². The molecule has 0 aromatic heterocycles. The number of halogens is 1. The van der Waals surface area contributed by atoms with Crippen molar-refractivity contribution in [2.75, 3.05) is 26.2 Å². The van der Waals surface area contributed by atoms with E-state index < -0.39 is 5.60 Å². The average molecular weight is 484 g/mol. The van der Waals surface area contributed by atoms with Crippen molar-refractivity contribution in [2.45, 2.75) is 57.2 Å². The Labute approximate surface area is 180 Å². The summed E-state index contributed by atoms with van der Waals surface area (Å²) in [7, 11) is 0. The molecular formula is C21H33IN4O. The molecule has 150 valence electrons. The Bertz CT molecular complexity index is 678. The van der Waals surface area contributed by atoms with E-state index in [9.17, 15) is 5.11 Å². The van der Waals surface area contributed by atoms with Crippen LogP contribution in [0.4, 0.5) is 0 Å². The molecule has 0 amide bonds. The highest BCUT2D eigenvalue weighted by atomic mass is 127. The minimum atomic E-state index is -0.833. The Morgan fingerprint density at radius 2 is 2.07 bits per heavy atom. The van der Waals surface area contributed by atoms with Crippen molar-refractivity contribution in [3.05, 3.63) is 35.4 Å². The van der Waals surface area contributed by atoms with Crippen LogP contribution in [0, 0.1) is 5.92 Å². The molecule has 1 heterocycles. The highest BCUT2D eigenvalue weighted by molar-refractivity contribution is 14.0. The largest absolute Gasteiger partial charge is 0.383 e. The number of hydrogen-bond donors (Lipinski definition) is 3. The van der Waals surface area contributed by atoms with Crippen LogP contribution < -0.4 is 10.6 Å². The van der Waals surface area contributed by atoms with E-state index >= 15 is 0 Å². The third-order valence-corrected chi connectivity index (χ3v) is 6.20. The average Bonchev–Trinajstić information content (AvgIpc) is 3.35. The normalized spacial score (nSPS) is 30.7. The first-order valence-corrected chi connectivity index (χ1v) is 10.2. The number of guanidine groups is 1. The van der Waals surface area contributed by atoms with Crippen LogP contribution in [0.5, 0.6) is 0 Å². The van der Waals surface area contributed by atoms with E-state index in [1.807, 2.05) is 18.2 Å². The molecule has 5 nitrogen and oxygen atoms in total. The number of nitrogens with zero attached hydrogens (tertiary/aromatic N) is 2. The summed E-state index contributed by atoms with van der Waals surface area (Å²) in [6.07, 6.45) is 4.41. The fourth-order valence-corrected chi connectivity index (χ4v) is 4.47. The Kier molecular flexibility index (Phi) is 6.69. The van der Waals surface area contributed by atoms with E-state index in [1.165, 1.54) is 24.9 Å². The molecule has 0 bridgehead atoms. The minimum Gasteiger partial charge on any atom is -0.383 e. The van der Waals surface area contributed by atoms with Crippen molar-refractivity contribution < 1.29 is 5.11 Å². The van der Waals surface area contributed by atoms with Crippen molar-refractivity contribution in [3.8, 4) is 0 Å². The fourth-order valence-electron chi connectivity index (χ4n) is 4.47. The van der Waals surface area contributed by atoms with Gasteiger partial charge in [0.2, 0.25) is 0 Å². The van der Waals surface area contributed by atoms with Gasteiger partial charge in [0, 0.05) is 31.7 Å². The van der Waals surface area contributed by atoms with Crippen LogP contribution in [0.2, 0.25) is 0 Å². The third-order valence-electron chi connectivity index (χ3n) is 6.20. The molecule has 3 atom stereocenters. The van der Waals surface area contributed by atoms with Crippen molar-refractivity contribution in [1.82, 2.24) is 15.5 Å². The maximum atomic E-state index is 11.1. The molecule has 1 aliphatic heterocycles. The molecule has 2 aliphatic carbocycles. The maximum absolute atomic E-state index is 11.1. The standard InChI is InChI=1S/C21H32N4O.HI/c1-3-22-20(24-19-13-25(12-15(19)2)17-8-9-17)23-14-21(26)11-10-16-6-4-5-7-18(16)21;/h4-7,15,17,19,26H,3,8-14H2,1-2H3,(H2,22,23,24);1H. The number of nitrogens with one attached hydrogen (secondary N) is 2. The second-order valence-corrected chi connectivity index (χ2v) is 8.30. The SMILES string of the molecule is CCNC(=NCC1(O)CCc2ccccc21)NC1CN(C2CC2)CC1C.I. The van der Waals surface area contributed by atoms with Crippen LogP contribution in [-0.2, 0) is 12.0 Å². The lowest BCUT2D eigenvalue weighted by Crippen LogP contribution is -2.47. The molecular weight excluding hydrogens is 451 g/mol. The number of aliphatic imine (C=N–C) groups is 1. The van der Waals surface area contributed by atoms with Gasteiger partial charge in [-0.2, -0.15) is 0 Å². The molecule has 0 spiro atoms. The fraction of sp³-hybridized carbons (Fsp3) is 0.667. The summed E-state index contributed by atoms with van der Waals surface area (Å²) in [5.41, 5.74) is 1.47. The highest BCUT2D eigenvalue weighted by Gasteiger charge is 2.39. The monoisotopic (exact) mass is 484 g/mol. The first-order chi connectivity index (χ1) is 12.6. The molecule has 3 N–H and O–H groups in total. The van der Waals surface area contributed by atoms with E-state index in [0.717, 1.165) is 43.5 Å². The van der Waals surface area contributed by atoms with Crippen LogP contribution in [0.25, 0.3) is 0 Å². The van der Waals surface area contributed by atoms with E-state index in [0.29, 0.717) is 18.5 Å². The van der Waals surface area contributed by atoms with Crippen LogP contribution >= 0.6 is 24.0 Å². The molecule has 3 unspecified atom stereocenters. The van der Waals surface area contributed by atoms with Crippen LogP contribution in [-0.4, -0.2) is 54.2 Å². The first-order valence-electron chi connectivity index (χ1n) is 10.2. The number of benzene rings is 1. The molecule has 1 aromatic carbocycles. The second-order valence-electron chi connectivity index (χ2n) is 8.30. The van der Waals surface area contributed by atoms with Gasteiger partial charge in [-0.15, -0.1) is 24.0 Å². The molecule has 27 heavy (non-hydrogen) atoms. The lowest BCUT2D eigenvalue weighted by atomic mass is 9.96. The summed E-state index contributed by atoms with van der Waals surface area (Å²) in [5.74, 6) is 1.45. The van der Waals surface area contributed by atoms with E-state index in [1.54, 1.807) is 0 Å². The van der Waals surface area contributed by atoms with Gasteiger partial charge in [0.25, 0.3) is 0 Å². The van der Waals surface area contributed by atoms with Crippen LogP contribution in [0.1, 0.15) is 44.2 Å². The lowest BCUT2D eigenvalue weighted by molar-refractivity contribution is 0.0485. The van der Waals surface area contributed by atoms with Crippen molar-refractivity contribution in [1.29, 1.82) is 0 Å². The van der Waals surface area contributed by atoms with Crippen LogP contribution in [0.3, 0.4) is 0 Å². The zero-order valence-corrected chi connectivity index (χ0v) is 18.8. The van der Waals surface area contributed by atoms with Gasteiger partial charge < -0.3 is 15.7 Å². The topological polar surface area (TPSA) is 59.9 Å². The minimum absolute atomic E-state index is 0. The quantitative estimate of drug-likeness (QED) is 0.342. The number of likely N-dealkylation sites (tertiary alicyclic amines) is 1. The Morgan fingerprint density at radius 1 is 1.30 bits per heavy atom. The molecule has 3 aliphatic rings. The van der Waals surface area contributed by atoms with Gasteiger partial charge in [0.15, 0.2) is 5.96 Å². The predicted octanol–water partition coefficient (Wildman–Crippen LogP) is 2.48. The Morgan fingerprint density at radius 3 is 2.81 bits per heavy atom.